The van der Waals surface area contributed by atoms with E-state index >= 15 is 0 Å². The van der Waals surface area contributed by atoms with Gasteiger partial charge in [-0.15, -0.1) is 0 Å². The maximum Gasteiger partial charge on any atom is 0.150 e. The van der Waals surface area contributed by atoms with E-state index in [2.05, 4.69) is 5.32 Å². The quantitative estimate of drug-likeness (QED) is 0.928. The van der Waals surface area contributed by atoms with E-state index in [0.717, 1.165) is 18.7 Å². The van der Waals surface area contributed by atoms with Crippen molar-refractivity contribution in [2.24, 2.45) is 11.3 Å². The molecule has 3 nitrogen and oxygen atoms in total. The zero-order valence-electron chi connectivity index (χ0n) is 11.0. The van der Waals surface area contributed by atoms with E-state index in [9.17, 15) is 12.8 Å². The molecule has 3 rings (SSSR count). The van der Waals surface area contributed by atoms with E-state index in [1.165, 1.54) is 6.07 Å². The van der Waals surface area contributed by atoms with E-state index < -0.39 is 15.7 Å². The molecule has 0 amide bonds. The maximum absolute atomic E-state index is 13.5. The van der Waals surface area contributed by atoms with Crippen LogP contribution in [-0.4, -0.2) is 33.0 Å². The molecule has 2 fully saturated rings. The van der Waals surface area contributed by atoms with Crippen LogP contribution in [0.1, 0.15) is 12.0 Å². The molecule has 20 heavy (non-hydrogen) atoms. The molecule has 0 bridgehead atoms. The molecular formula is C14H17ClFNO2S. The molecule has 0 saturated carbocycles. The van der Waals surface area contributed by atoms with Crippen molar-refractivity contribution >= 4 is 21.4 Å². The molecule has 1 N–H and O–H groups in total. The predicted octanol–water partition coefficient (Wildman–Crippen LogP) is 2.05. The molecule has 1 atom stereocenters. The fourth-order valence-corrected chi connectivity index (χ4v) is 5.48. The number of benzene rings is 1. The molecule has 0 aromatic heterocycles. The Hall–Kier alpha value is -0.650. The minimum absolute atomic E-state index is 0.0962. The lowest BCUT2D eigenvalue weighted by atomic mass is 9.66. The van der Waals surface area contributed by atoms with Gasteiger partial charge in [0, 0.05) is 18.5 Å². The third-order valence-corrected chi connectivity index (χ3v) is 6.82. The highest BCUT2D eigenvalue weighted by Gasteiger charge is 2.48. The van der Waals surface area contributed by atoms with Crippen LogP contribution in [0.5, 0.6) is 0 Å². The first-order valence-corrected chi connectivity index (χ1v) is 8.96. The smallest absolute Gasteiger partial charge is 0.150 e. The van der Waals surface area contributed by atoms with Crippen LogP contribution in [0.2, 0.25) is 5.02 Å². The number of hydrogen-bond acceptors (Lipinski definition) is 3. The number of hydrogen-bond donors (Lipinski definition) is 1. The van der Waals surface area contributed by atoms with Crippen LogP contribution in [0, 0.1) is 17.2 Å². The van der Waals surface area contributed by atoms with Crippen LogP contribution in [0.3, 0.4) is 0 Å². The van der Waals surface area contributed by atoms with Gasteiger partial charge in [-0.3, -0.25) is 0 Å². The number of halogens is 2. The van der Waals surface area contributed by atoms with Gasteiger partial charge in [0.1, 0.15) is 5.82 Å². The Morgan fingerprint density at radius 3 is 2.70 bits per heavy atom. The van der Waals surface area contributed by atoms with Crippen molar-refractivity contribution in [1.82, 2.24) is 5.32 Å². The van der Waals surface area contributed by atoms with Crippen LogP contribution in [-0.2, 0) is 16.3 Å². The molecule has 0 radical (unpaired) electrons. The summed E-state index contributed by atoms with van der Waals surface area (Å²) >= 11 is 6.03. The molecule has 2 saturated heterocycles. The van der Waals surface area contributed by atoms with Crippen LogP contribution in [0.25, 0.3) is 0 Å². The third kappa shape index (κ3) is 2.47. The van der Waals surface area contributed by atoms with Crippen molar-refractivity contribution in [2.45, 2.75) is 12.8 Å². The Bertz CT molecular complexity index is 628. The van der Waals surface area contributed by atoms with Gasteiger partial charge < -0.3 is 5.32 Å². The summed E-state index contributed by atoms with van der Waals surface area (Å²) in [6.07, 6.45) is 1.34. The molecule has 2 aliphatic heterocycles. The minimum Gasteiger partial charge on any atom is -0.315 e. The number of sulfone groups is 1. The van der Waals surface area contributed by atoms with Crippen molar-refractivity contribution in [3.63, 3.8) is 0 Å². The lowest BCUT2D eigenvalue weighted by molar-refractivity contribution is 0.0924. The van der Waals surface area contributed by atoms with Crippen molar-refractivity contribution in [2.75, 3.05) is 24.6 Å². The zero-order valence-corrected chi connectivity index (χ0v) is 12.6. The lowest BCUT2D eigenvalue weighted by Gasteiger charge is -2.47. The molecule has 1 unspecified atom stereocenters. The van der Waals surface area contributed by atoms with Crippen LogP contribution in [0.4, 0.5) is 4.39 Å². The first kappa shape index (κ1) is 14.3. The fraction of sp³-hybridized carbons (Fsp3) is 0.571. The Labute approximate surface area is 123 Å². The summed E-state index contributed by atoms with van der Waals surface area (Å²) in [5, 5.41) is 3.40. The highest BCUT2D eigenvalue weighted by molar-refractivity contribution is 7.91. The molecule has 1 aromatic carbocycles. The maximum atomic E-state index is 13.5. The van der Waals surface area contributed by atoms with Crippen molar-refractivity contribution in [3.05, 3.63) is 34.6 Å². The minimum atomic E-state index is -2.90. The Kier molecular flexibility index (Phi) is 3.55. The monoisotopic (exact) mass is 317 g/mol. The van der Waals surface area contributed by atoms with E-state index in [0.29, 0.717) is 12.8 Å². The topological polar surface area (TPSA) is 46.2 Å². The van der Waals surface area contributed by atoms with E-state index in [4.69, 9.17) is 11.6 Å². The molecule has 0 aliphatic carbocycles. The van der Waals surface area contributed by atoms with E-state index in [-0.39, 0.29) is 27.9 Å². The van der Waals surface area contributed by atoms with Crippen LogP contribution in [0.15, 0.2) is 18.2 Å². The number of nitrogens with one attached hydrogen (secondary N) is 1. The molecule has 2 aliphatic rings. The van der Waals surface area contributed by atoms with Gasteiger partial charge in [-0.25, -0.2) is 12.8 Å². The summed E-state index contributed by atoms with van der Waals surface area (Å²) in [6.45, 7) is 1.56. The van der Waals surface area contributed by atoms with Crippen LogP contribution >= 0.6 is 11.6 Å². The molecular weight excluding hydrogens is 301 g/mol. The first-order chi connectivity index (χ1) is 9.42. The first-order valence-electron chi connectivity index (χ1n) is 6.76. The molecule has 2 heterocycles. The zero-order chi connectivity index (χ0) is 14.4. The van der Waals surface area contributed by atoms with Gasteiger partial charge in [-0.1, -0.05) is 23.7 Å². The fourth-order valence-electron chi connectivity index (χ4n) is 3.35. The van der Waals surface area contributed by atoms with Gasteiger partial charge >= 0.3 is 0 Å². The summed E-state index contributed by atoms with van der Waals surface area (Å²) < 4.78 is 36.9. The summed E-state index contributed by atoms with van der Waals surface area (Å²) in [4.78, 5) is 0. The second-order valence-corrected chi connectivity index (χ2v) is 8.56. The Morgan fingerprint density at radius 2 is 2.15 bits per heavy atom. The molecule has 110 valence electrons. The Balaban J connectivity index is 1.85. The van der Waals surface area contributed by atoms with Crippen molar-refractivity contribution in [3.8, 4) is 0 Å². The Morgan fingerprint density at radius 1 is 1.40 bits per heavy atom. The van der Waals surface area contributed by atoms with E-state index in [1.54, 1.807) is 6.07 Å². The standard InChI is InChI=1S/C14H17ClFNO2S/c15-13-10(2-1-3-12(13)16)6-14(8-17-9-14)11-4-5-20(18,19)7-11/h1-3,11,17H,4-9H2. The van der Waals surface area contributed by atoms with Gasteiger partial charge in [0.15, 0.2) is 9.84 Å². The summed E-state index contributed by atoms with van der Waals surface area (Å²) in [5.41, 5.74) is 0.679. The highest BCUT2D eigenvalue weighted by Crippen LogP contribution is 2.43. The lowest BCUT2D eigenvalue weighted by Crippen LogP contribution is -2.59. The van der Waals surface area contributed by atoms with Gasteiger partial charge in [0.2, 0.25) is 0 Å². The van der Waals surface area contributed by atoms with Gasteiger partial charge in [0.25, 0.3) is 0 Å². The van der Waals surface area contributed by atoms with Crippen LogP contribution < -0.4 is 5.32 Å². The van der Waals surface area contributed by atoms with Gasteiger partial charge in [-0.2, -0.15) is 0 Å². The second kappa shape index (κ2) is 4.97. The molecule has 6 heteroatoms. The van der Waals surface area contributed by atoms with Crippen molar-refractivity contribution < 1.29 is 12.8 Å². The predicted molar refractivity (Wildman–Crippen MR) is 77.2 cm³/mol. The second-order valence-electron chi connectivity index (χ2n) is 5.96. The normalized spacial score (nSPS) is 27.2. The largest absolute Gasteiger partial charge is 0.315 e. The molecule has 1 aromatic rings. The SMILES string of the molecule is O=S1(=O)CCC(C2(Cc3cccc(F)c3Cl)CNC2)C1. The van der Waals surface area contributed by atoms with Gasteiger partial charge in [0.05, 0.1) is 16.5 Å². The third-order valence-electron chi connectivity index (χ3n) is 4.63. The van der Waals surface area contributed by atoms with Crippen molar-refractivity contribution in [1.29, 1.82) is 0 Å². The van der Waals surface area contributed by atoms with Gasteiger partial charge in [-0.05, 0) is 30.4 Å². The molecule has 0 spiro atoms. The summed E-state index contributed by atoms with van der Waals surface area (Å²) in [5.74, 6) is 0.261. The summed E-state index contributed by atoms with van der Waals surface area (Å²) in [6, 6.07) is 4.83. The van der Waals surface area contributed by atoms with E-state index in [1.807, 2.05) is 6.07 Å². The average Bonchev–Trinajstić information content (AvgIpc) is 2.70. The number of rotatable bonds is 3. The highest BCUT2D eigenvalue weighted by atomic mass is 35.5. The average molecular weight is 318 g/mol. The summed E-state index contributed by atoms with van der Waals surface area (Å²) in [7, 11) is -2.90.